The molecule has 1 aliphatic rings. The Balaban J connectivity index is 1.94. The van der Waals surface area contributed by atoms with E-state index in [1.165, 1.54) is 6.08 Å². The van der Waals surface area contributed by atoms with E-state index in [4.69, 9.17) is 12.2 Å². The molecule has 3 N–H and O–H groups in total. The smallest absolute Gasteiger partial charge is 0.200 e. The summed E-state index contributed by atoms with van der Waals surface area (Å²) >= 11 is 5.47. The second-order valence-electron chi connectivity index (χ2n) is 6.69. The highest BCUT2D eigenvalue weighted by atomic mass is 32.1. The molecule has 1 aromatic carbocycles. The van der Waals surface area contributed by atoms with Crippen molar-refractivity contribution in [2.24, 2.45) is 0 Å². The topological polar surface area (TPSA) is 79.0 Å². The van der Waals surface area contributed by atoms with E-state index in [-0.39, 0.29) is 5.76 Å². The number of nitrogens with one attached hydrogen (secondary N) is 1. The van der Waals surface area contributed by atoms with E-state index in [9.17, 15) is 10.2 Å². The van der Waals surface area contributed by atoms with Crippen LogP contribution in [0.15, 0.2) is 48.4 Å². The zero-order valence-corrected chi connectivity index (χ0v) is 15.4. The van der Waals surface area contributed by atoms with E-state index in [0.29, 0.717) is 28.6 Å². The number of aliphatic hydroxyl groups excluding tert-OH is 2. The number of benzene rings is 1. The van der Waals surface area contributed by atoms with Crippen molar-refractivity contribution in [3.8, 4) is 5.69 Å². The highest BCUT2D eigenvalue weighted by Crippen LogP contribution is 2.31. The van der Waals surface area contributed by atoms with E-state index < -0.39 is 6.10 Å². The predicted octanol–water partition coefficient (Wildman–Crippen LogP) is 4.06. The molecule has 0 spiro atoms. The lowest BCUT2D eigenvalue weighted by Crippen LogP contribution is -2.11. The molecule has 0 fully saturated rings. The zero-order chi connectivity index (χ0) is 18.4. The number of aromatic amines is 1. The van der Waals surface area contributed by atoms with Gasteiger partial charge in [-0.25, -0.2) is 0 Å². The number of nitrogens with zero attached hydrogens (tertiary/aromatic N) is 3. The minimum Gasteiger partial charge on any atom is -0.507 e. The largest absolute Gasteiger partial charge is 0.507 e. The first-order valence-corrected chi connectivity index (χ1v) is 8.95. The Hall–Kier alpha value is -2.64. The number of H-pyrrole nitrogens is 1. The van der Waals surface area contributed by atoms with Crippen molar-refractivity contribution in [3.05, 3.63) is 59.0 Å². The van der Waals surface area contributed by atoms with Gasteiger partial charge in [0, 0.05) is 17.6 Å². The molecular formula is C19H20N4O2S. The Bertz CT molecular complexity index is 1100. The summed E-state index contributed by atoms with van der Waals surface area (Å²) < 4.78 is 4.48. The Morgan fingerprint density at radius 1 is 1.31 bits per heavy atom. The first kappa shape index (κ1) is 16.8. The van der Waals surface area contributed by atoms with Gasteiger partial charge in [-0.3, -0.25) is 9.67 Å². The molecule has 1 aliphatic carbocycles. The average Bonchev–Trinajstić information content (AvgIpc) is 3.18. The molecule has 1 unspecified atom stereocenters. The molecule has 2 heterocycles. The summed E-state index contributed by atoms with van der Waals surface area (Å²) in [6.45, 7) is 4.28. The SMILES string of the molecule is CC(C)n1ccc2c(-n3c(C4=CCC(O)C=C4O)n[nH]c3=S)cccc21. The molecule has 4 rings (SSSR count). The van der Waals surface area contributed by atoms with Crippen LogP contribution in [0.1, 0.15) is 32.1 Å². The maximum Gasteiger partial charge on any atom is 0.200 e. The van der Waals surface area contributed by atoms with Crippen LogP contribution in [-0.4, -0.2) is 35.6 Å². The number of aromatic nitrogens is 4. The molecule has 6 nitrogen and oxygen atoms in total. The third-order valence-electron chi connectivity index (χ3n) is 4.64. The van der Waals surface area contributed by atoms with Gasteiger partial charge in [0.25, 0.3) is 0 Å². The van der Waals surface area contributed by atoms with Crippen LogP contribution in [0.5, 0.6) is 0 Å². The van der Waals surface area contributed by atoms with E-state index in [0.717, 1.165) is 16.6 Å². The highest BCUT2D eigenvalue weighted by molar-refractivity contribution is 7.71. The Labute approximate surface area is 155 Å². The maximum atomic E-state index is 10.3. The Morgan fingerprint density at radius 3 is 2.85 bits per heavy atom. The van der Waals surface area contributed by atoms with Crippen molar-refractivity contribution in [2.45, 2.75) is 32.4 Å². The van der Waals surface area contributed by atoms with Crippen LogP contribution >= 0.6 is 12.2 Å². The number of aliphatic hydroxyl groups is 2. The van der Waals surface area contributed by atoms with Crippen LogP contribution < -0.4 is 0 Å². The lowest BCUT2D eigenvalue weighted by atomic mass is 10.0. The molecule has 134 valence electrons. The summed E-state index contributed by atoms with van der Waals surface area (Å²) in [4.78, 5) is 0. The van der Waals surface area contributed by atoms with Gasteiger partial charge in [-0.15, -0.1) is 0 Å². The highest BCUT2D eigenvalue weighted by Gasteiger charge is 2.22. The van der Waals surface area contributed by atoms with Crippen LogP contribution in [0, 0.1) is 4.77 Å². The second kappa shape index (κ2) is 6.26. The number of hydrogen-bond acceptors (Lipinski definition) is 4. The first-order chi connectivity index (χ1) is 12.5. The summed E-state index contributed by atoms with van der Waals surface area (Å²) in [5, 5.41) is 28.2. The van der Waals surface area contributed by atoms with E-state index >= 15 is 0 Å². The minimum atomic E-state index is -0.683. The standard InChI is InChI=1S/C19H20N4O2S/c1-11(2)22-9-8-13-15(22)4-3-5-16(13)23-18(20-21-19(23)26)14-7-6-12(24)10-17(14)25/h3-5,7-12,24-25H,6H2,1-2H3,(H,21,26). The van der Waals surface area contributed by atoms with Gasteiger partial charge in [0.2, 0.25) is 0 Å². The molecule has 0 radical (unpaired) electrons. The van der Waals surface area contributed by atoms with Gasteiger partial charge in [-0.1, -0.05) is 12.1 Å². The summed E-state index contributed by atoms with van der Waals surface area (Å²) in [5.41, 5.74) is 2.57. The van der Waals surface area contributed by atoms with Gasteiger partial charge in [-0.2, -0.15) is 5.10 Å². The molecule has 3 aromatic rings. The van der Waals surface area contributed by atoms with Crippen molar-refractivity contribution in [1.29, 1.82) is 0 Å². The number of fused-ring (bicyclic) bond motifs is 1. The molecule has 0 bridgehead atoms. The van der Waals surface area contributed by atoms with Gasteiger partial charge in [0.1, 0.15) is 5.76 Å². The van der Waals surface area contributed by atoms with Crippen LogP contribution in [0.25, 0.3) is 22.2 Å². The summed E-state index contributed by atoms with van der Waals surface area (Å²) in [6, 6.07) is 8.47. The van der Waals surface area contributed by atoms with Crippen molar-refractivity contribution < 1.29 is 10.2 Å². The summed E-state index contributed by atoms with van der Waals surface area (Å²) in [7, 11) is 0. The van der Waals surface area contributed by atoms with Crippen LogP contribution in [0.2, 0.25) is 0 Å². The fourth-order valence-electron chi connectivity index (χ4n) is 3.41. The van der Waals surface area contributed by atoms with Crippen molar-refractivity contribution in [3.63, 3.8) is 0 Å². The van der Waals surface area contributed by atoms with E-state index in [1.807, 2.05) is 16.7 Å². The van der Waals surface area contributed by atoms with Gasteiger partial charge < -0.3 is 14.8 Å². The average molecular weight is 368 g/mol. The minimum absolute atomic E-state index is 0.00549. The lowest BCUT2D eigenvalue weighted by molar-refractivity contribution is 0.219. The van der Waals surface area contributed by atoms with Crippen molar-refractivity contribution >= 4 is 28.7 Å². The van der Waals surface area contributed by atoms with Crippen LogP contribution in [0.3, 0.4) is 0 Å². The van der Waals surface area contributed by atoms with Crippen LogP contribution in [-0.2, 0) is 0 Å². The molecule has 7 heteroatoms. The fraction of sp³-hybridized carbons (Fsp3) is 0.263. The fourth-order valence-corrected chi connectivity index (χ4v) is 3.64. The van der Waals surface area contributed by atoms with E-state index in [2.05, 4.69) is 46.9 Å². The van der Waals surface area contributed by atoms with Crippen LogP contribution in [0.4, 0.5) is 0 Å². The second-order valence-corrected chi connectivity index (χ2v) is 7.07. The zero-order valence-electron chi connectivity index (χ0n) is 14.5. The predicted molar refractivity (Wildman–Crippen MR) is 104 cm³/mol. The summed E-state index contributed by atoms with van der Waals surface area (Å²) in [5.74, 6) is 0.534. The molecule has 2 aromatic heterocycles. The quantitative estimate of drug-likeness (QED) is 0.609. The third-order valence-corrected chi connectivity index (χ3v) is 4.91. The monoisotopic (exact) mass is 368 g/mol. The third kappa shape index (κ3) is 2.60. The Morgan fingerprint density at radius 2 is 2.12 bits per heavy atom. The first-order valence-electron chi connectivity index (χ1n) is 8.54. The molecule has 0 aliphatic heterocycles. The molecule has 0 amide bonds. The molecule has 0 saturated carbocycles. The van der Waals surface area contributed by atoms with Crippen molar-refractivity contribution in [2.75, 3.05) is 0 Å². The van der Waals surface area contributed by atoms with Crippen molar-refractivity contribution in [1.82, 2.24) is 19.3 Å². The molecule has 0 saturated heterocycles. The maximum absolute atomic E-state index is 10.3. The van der Waals surface area contributed by atoms with Gasteiger partial charge >= 0.3 is 0 Å². The van der Waals surface area contributed by atoms with Gasteiger partial charge in [-0.05, 0) is 56.8 Å². The molecular weight excluding hydrogens is 348 g/mol. The lowest BCUT2D eigenvalue weighted by Gasteiger charge is -2.16. The van der Waals surface area contributed by atoms with E-state index in [1.54, 1.807) is 6.08 Å². The van der Waals surface area contributed by atoms with Gasteiger partial charge in [0.05, 0.1) is 22.9 Å². The normalized spacial score (nSPS) is 17.6. The number of hydrogen-bond donors (Lipinski definition) is 3. The van der Waals surface area contributed by atoms with Gasteiger partial charge in [0.15, 0.2) is 10.6 Å². The molecule has 1 atom stereocenters. The summed E-state index contributed by atoms with van der Waals surface area (Å²) in [6.07, 6.45) is 5.01. The Kier molecular flexibility index (Phi) is 4.05. The molecule has 26 heavy (non-hydrogen) atoms. The number of rotatable bonds is 3. The number of allylic oxidation sites excluding steroid dienone is 1.